The molecule has 0 aliphatic rings. The summed E-state index contributed by atoms with van der Waals surface area (Å²) >= 11 is 0. The van der Waals surface area contributed by atoms with Crippen molar-refractivity contribution in [1.29, 1.82) is 0 Å². The van der Waals surface area contributed by atoms with Crippen molar-refractivity contribution in [3.63, 3.8) is 0 Å². The monoisotopic (exact) mass is 201 g/mol. The molecule has 1 aromatic rings. The minimum Gasteiger partial charge on any atom is -0.399 e. The van der Waals surface area contributed by atoms with Gasteiger partial charge >= 0.3 is 0 Å². The molecule has 0 unspecified atom stereocenters. The minimum absolute atomic E-state index is 0.868. The van der Waals surface area contributed by atoms with E-state index in [1.165, 1.54) is 11.1 Å². The van der Waals surface area contributed by atoms with Gasteiger partial charge in [-0.05, 0) is 44.4 Å². The van der Waals surface area contributed by atoms with Crippen LogP contribution in [0.2, 0.25) is 0 Å². The van der Waals surface area contributed by atoms with Crippen LogP contribution in [0.1, 0.15) is 25.0 Å². The van der Waals surface area contributed by atoms with Crippen molar-refractivity contribution in [1.82, 2.24) is 0 Å². The second kappa shape index (κ2) is 5.40. The first kappa shape index (κ1) is 11.6. The first-order valence-corrected chi connectivity index (χ1v) is 5.28. The van der Waals surface area contributed by atoms with Crippen LogP contribution >= 0.6 is 0 Å². The summed E-state index contributed by atoms with van der Waals surface area (Å²) in [5.74, 6) is 0. The Hall–Kier alpha value is -1.50. The average Bonchev–Trinajstić information content (AvgIpc) is 2.20. The molecule has 0 aliphatic heterocycles. The smallest absolute Gasteiger partial charge is 0.0343 e. The summed E-state index contributed by atoms with van der Waals surface area (Å²) in [6.07, 6.45) is 7.37. The first-order valence-electron chi connectivity index (χ1n) is 5.28. The molecule has 15 heavy (non-hydrogen) atoms. The lowest BCUT2D eigenvalue weighted by Crippen LogP contribution is -1.91. The SMILES string of the molecule is C/C=C\C(C)=C\Cc1ccc(N)c(C)c1. The number of allylic oxidation sites excluding steroid dienone is 4. The normalized spacial score (nSPS) is 12.3. The van der Waals surface area contributed by atoms with Crippen LogP contribution in [-0.4, -0.2) is 0 Å². The van der Waals surface area contributed by atoms with Gasteiger partial charge in [-0.1, -0.05) is 35.9 Å². The van der Waals surface area contributed by atoms with Crippen molar-refractivity contribution >= 4 is 5.69 Å². The molecule has 1 heteroatoms. The van der Waals surface area contributed by atoms with Crippen LogP contribution in [0.15, 0.2) is 42.0 Å². The molecule has 80 valence electrons. The van der Waals surface area contributed by atoms with Crippen molar-refractivity contribution < 1.29 is 0 Å². The van der Waals surface area contributed by atoms with Crippen LogP contribution < -0.4 is 5.73 Å². The Bertz CT molecular complexity index is 386. The molecule has 0 bridgehead atoms. The molecule has 1 aromatic carbocycles. The van der Waals surface area contributed by atoms with E-state index in [0.717, 1.165) is 17.7 Å². The predicted molar refractivity (Wildman–Crippen MR) is 67.9 cm³/mol. The number of nitrogens with two attached hydrogens (primary N) is 1. The first-order chi connectivity index (χ1) is 7.13. The molecule has 0 atom stereocenters. The summed E-state index contributed by atoms with van der Waals surface area (Å²) in [5, 5.41) is 0. The van der Waals surface area contributed by atoms with Gasteiger partial charge in [0.2, 0.25) is 0 Å². The highest BCUT2D eigenvalue weighted by Gasteiger charge is 1.95. The molecule has 0 spiro atoms. The summed E-state index contributed by atoms with van der Waals surface area (Å²) in [6, 6.07) is 6.21. The Balaban J connectivity index is 2.74. The second-order valence-corrected chi connectivity index (χ2v) is 3.84. The lowest BCUT2D eigenvalue weighted by molar-refractivity contribution is 1.22. The topological polar surface area (TPSA) is 26.0 Å². The van der Waals surface area contributed by atoms with Gasteiger partial charge in [-0.2, -0.15) is 0 Å². The molecule has 0 radical (unpaired) electrons. The maximum atomic E-state index is 5.77. The Labute approximate surface area is 92.3 Å². The largest absolute Gasteiger partial charge is 0.399 e. The second-order valence-electron chi connectivity index (χ2n) is 3.84. The van der Waals surface area contributed by atoms with Gasteiger partial charge in [0.1, 0.15) is 0 Å². The Morgan fingerprint density at radius 1 is 1.40 bits per heavy atom. The number of anilines is 1. The van der Waals surface area contributed by atoms with E-state index in [1.54, 1.807) is 0 Å². The fourth-order valence-electron chi connectivity index (χ4n) is 1.47. The molecule has 1 nitrogen and oxygen atoms in total. The number of aryl methyl sites for hydroxylation is 1. The van der Waals surface area contributed by atoms with Gasteiger partial charge in [-0.25, -0.2) is 0 Å². The third-order valence-corrected chi connectivity index (χ3v) is 2.42. The van der Waals surface area contributed by atoms with E-state index >= 15 is 0 Å². The van der Waals surface area contributed by atoms with Crippen LogP contribution in [0.25, 0.3) is 0 Å². The van der Waals surface area contributed by atoms with E-state index in [2.05, 4.69) is 37.3 Å². The van der Waals surface area contributed by atoms with E-state index in [-0.39, 0.29) is 0 Å². The van der Waals surface area contributed by atoms with Crippen molar-refractivity contribution in [3.8, 4) is 0 Å². The maximum absolute atomic E-state index is 5.77. The molecule has 0 heterocycles. The highest BCUT2D eigenvalue weighted by Crippen LogP contribution is 2.13. The number of hydrogen-bond donors (Lipinski definition) is 1. The Morgan fingerprint density at radius 2 is 2.13 bits per heavy atom. The van der Waals surface area contributed by atoms with Gasteiger partial charge in [-0.3, -0.25) is 0 Å². The quantitative estimate of drug-likeness (QED) is 0.586. The van der Waals surface area contributed by atoms with Gasteiger partial charge in [0.05, 0.1) is 0 Å². The minimum atomic E-state index is 0.868. The van der Waals surface area contributed by atoms with Crippen molar-refractivity contribution in [2.75, 3.05) is 5.73 Å². The van der Waals surface area contributed by atoms with E-state index in [0.29, 0.717) is 0 Å². The number of rotatable bonds is 3. The van der Waals surface area contributed by atoms with Gasteiger partial charge in [0.15, 0.2) is 0 Å². The Kier molecular flexibility index (Phi) is 4.17. The standard InChI is InChI=1S/C14H19N/c1-4-5-11(2)6-7-13-8-9-14(15)12(3)10-13/h4-6,8-10H,7,15H2,1-3H3/b5-4-,11-6+. The van der Waals surface area contributed by atoms with Gasteiger partial charge in [0.25, 0.3) is 0 Å². The van der Waals surface area contributed by atoms with Crippen LogP contribution in [-0.2, 0) is 6.42 Å². The van der Waals surface area contributed by atoms with Gasteiger partial charge < -0.3 is 5.73 Å². The Morgan fingerprint density at radius 3 is 2.73 bits per heavy atom. The zero-order valence-electron chi connectivity index (χ0n) is 9.75. The summed E-state index contributed by atoms with van der Waals surface area (Å²) in [6.45, 7) is 6.19. The van der Waals surface area contributed by atoms with Crippen molar-refractivity contribution in [3.05, 3.63) is 53.1 Å². The summed E-state index contributed by atoms with van der Waals surface area (Å²) in [7, 11) is 0. The summed E-state index contributed by atoms with van der Waals surface area (Å²) in [4.78, 5) is 0. The summed E-state index contributed by atoms with van der Waals surface area (Å²) < 4.78 is 0. The molecule has 0 saturated heterocycles. The lowest BCUT2D eigenvalue weighted by Gasteiger charge is -2.02. The molecule has 0 aliphatic carbocycles. The van der Waals surface area contributed by atoms with E-state index < -0.39 is 0 Å². The maximum Gasteiger partial charge on any atom is 0.0343 e. The van der Waals surface area contributed by atoms with Crippen LogP contribution in [0.5, 0.6) is 0 Å². The summed E-state index contributed by atoms with van der Waals surface area (Å²) in [5.41, 5.74) is 10.4. The fourth-order valence-corrected chi connectivity index (χ4v) is 1.47. The van der Waals surface area contributed by atoms with Crippen LogP contribution in [0, 0.1) is 6.92 Å². The van der Waals surface area contributed by atoms with Crippen molar-refractivity contribution in [2.24, 2.45) is 0 Å². The molecule has 0 amide bonds. The fraction of sp³-hybridized carbons (Fsp3) is 0.286. The van der Waals surface area contributed by atoms with E-state index in [4.69, 9.17) is 5.73 Å². The van der Waals surface area contributed by atoms with Gasteiger partial charge in [0, 0.05) is 5.69 Å². The number of nitrogen functional groups attached to an aromatic ring is 1. The zero-order chi connectivity index (χ0) is 11.3. The van der Waals surface area contributed by atoms with Crippen molar-refractivity contribution in [2.45, 2.75) is 27.2 Å². The molecule has 0 fully saturated rings. The number of benzene rings is 1. The van der Waals surface area contributed by atoms with E-state index in [9.17, 15) is 0 Å². The average molecular weight is 201 g/mol. The predicted octanol–water partition coefficient (Wildman–Crippen LogP) is 3.64. The van der Waals surface area contributed by atoms with Crippen LogP contribution in [0.4, 0.5) is 5.69 Å². The molecule has 1 rings (SSSR count). The molecular weight excluding hydrogens is 182 g/mol. The molecule has 0 saturated carbocycles. The van der Waals surface area contributed by atoms with Gasteiger partial charge in [-0.15, -0.1) is 0 Å². The highest BCUT2D eigenvalue weighted by atomic mass is 14.5. The zero-order valence-corrected chi connectivity index (χ0v) is 9.75. The lowest BCUT2D eigenvalue weighted by atomic mass is 10.1. The molecule has 2 N–H and O–H groups in total. The molecular formula is C14H19N. The third kappa shape index (κ3) is 3.62. The van der Waals surface area contributed by atoms with Crippen LogP contribution in [0.3, 0.4) is 0 Å². The number of hydrogen-bond acceptors (Lipinski definition) is 1. The third-order valence-electron chi connectivity index (χ3n) is 2.42. The molecule has 0 aromatic heterocycles. The van der Waals surface area contributed by atoms with E-state index in [1.807, 2.05) is 19.9 Å². The highest BCUT2D eigenvalue weighted by molar-refractivity contribution is 5.48.